The van der Waals surface area contributed by atoms with Crippen LogP contribution >= 0.6 is 0 Å². The number of aromatic amines is 1. The fraction of sp³-hybridized carbons (Fsp3) is 0.500. The number of aromatic nitrogens is 6. The molecule has 0 spiro atoms. The third-order valence-corrected chi connectivity index (χ3v) is 4.16. The molecule has 3 aromatic rings. The molecule has 2 atom stereocenters. The van der Waals surface area contributed by atoms with Crippen LogP contribution in [-0.2, 0) is 4.74 Å². The lowest BCUT2D eigenvalue weighted by atomic mass is 10.1. The summed E-state index contributed by atoms with van der Waals surface area (Å²) in [5, 5.41) is 22.2. The lowest BCUT2D eigenvalue weighted by Crippen LogP contribution is -2.21. The molecule has 3 rings (SSSR count). The quantitative estimate of drug-likeness (QED) is 0.445. The van der Waals surface area contributed by atoms with Gasteiger partial charge in [0.05, 0.1) is 38.3 Å². The van der Waals surface area contributed by atoms with Crippen LogP contribution in [0.5, 0.6) is 5.88 Å². The molecule has 152 valence electrons. The summed E-state index contributed by atoms with van der Waals surface area (Å²) in [7, 11) is 0. The number of H-pyrrole nitrogens is 1. The minimum atomic E-state index is -2.94. The average Bonchev–Trinajstić information content (AvgIpc) is 3.27. The number of alkyl halides is 2. The van der Waals surface area contributed by atoms with Gasteiger partial charge in [0.25, 0.3) is 0 Å². The van der Waals surface area contributed by atoms with Crippen LogP contribution in [0, 0.1) is 5.92 Å². The SMILES string of the molecule is C[C@@H](COCCO)[C@H](C)n1ncc2ncc(Nc3cc(OC(F)F)[nH]n3)nc21. The van der Waals surface area contributed by atoms with E-state index in [1.165, 1.54) is 12.3 Å². The van der Waals surface area contributed by atoms with Crippen LogP contribution in [0.2, 0.25) is 0 Å². The number of fused-ring (bicyclic) bond motifs is 1. The predicted octanol–water partition coefficient (Wildman–Crippen LogP) is 2.10. The van der Waals surface area contributed by atoms with Crippen molar-refractivity contribution in [3.05, 3.63) is 18.5 Å². The second kappa shape index (κ2) is 8.89. The molecule has 0 amide bonds. The zero-order chi connectivity index (χ0) is 20.1. The summed E-state index contributed by atoms with van der Waals surface area (Å²) in [6.07, 6.45) is 3.11. The van der Waals surface area contributed by atoms with E-state index in [2.05, 4.69) is 35.3 Å². The van der Waals surface area contributed by atoms with Crippen molar-refractivity contribution in [1.82, 2.24) is 29.9 Å². The summed E-state index contributed by atoms with van der Waals surface area (Å²) in [6.45, 7) is 1.79. The van der Waals surface area contributed by atoms with Gasteiger partial charge in [0.1, 0.15) is 5.52 Å². The van der Waals surface area contributed by atoms with Crippen molar-refractivity contribution in [2.24, 2.45) is 5.92 Å². The predicted molar refractivity (Wildman–Crippen MR) is 95.6 cm³/mol. The summed E-state index contributed by atoms with van der Waals surface area (Å²) < 4.78 is 35.8. The van der Waals surface area contributed by atoms with Gasteiger partial charge in [0, 0.05) is 12.0 Å². The largest absolute Gasteiger partial charge is 0.417 e. The average molecular weight is 397 g/mol. The highest BCUT2D eigenvalue weighted by Crippen LogP contribution is 2.23. The Labute approximate surface area is 158 Å². The van der Waals surface area contributed by atoms with Gasteiger partial charge in [-0.2, -0.15) is 19.0 Å². The smallest absolute Gasteiger partial charge is 0.388 e. The van der Waals surface area contributed by atoms with Gasteiger partial charge in [-0.3, -0.25) is 0 Å². The molecule has 0 saturated carbocycles. The van der Waals surface area contributed by atoms with Crippen molar-refractivity contribution in [2.45, 2.75) is 26.5 Å². The van der Waals surface area contributed by atoms with E-state index in [0.29, 0.717) is 23.6 Å². The van der Waals surface area contributed by atoms with Crippen molar-refractivity contribution < 1.29 is 23.4 Å². The van der Waals surface area contributed by atoms with Crippen molar-refractivity contribution in [3.8, 4) is 5.88 Å². The van der Waals surface area contributed by atoms with E-state index < -0.39 is 6.61 Å². The van der Waals surface area contributed by atoms with Crippen molar-refractivity contribution >= 4 is 22.8 Å². The number of halogens is 2. The van der Waals surface area contributed by atoms with Gasteiger partial charge >= 0.3 is 6.61 Å². The van der Waals surface area contributed by atoms with Crippen LogP contribution < -0.4 is 10.1 Å². The molecule has 10 nitrogen and oxygen atoms in total. The molecule has 0 aliphatic carbocycles. The molecule has 0 radical (unpaired) electrons. The first-order chi connectivity index (χ1) is 13.5. The number of hydrogen-bond acceptors (Lipinski definition) is 8. The fourth-order valence-electron chi connectivity index (χ4n) is 2.55. The highest BCUT2D eigenvalue weighted by molar-refractivity contribution is 5.72. The molecule has 3 heterocycles. The Hall–Kier alpha value is -2.86. The van der Waals surface area contributed by atoms with Crippen LogP contribution in [0.1, 0.15) is 19.9 Å². The maximum atomic E-state index is 12.2. The van der Waals surface area contributed by atoms with Crippen LogP contribution in [0.3, 0.4) is 0 Å². The zero-order valence-electron chi connectivity index (χ0n) is 15.3. The van der Waals surface area contributed by atoms with Crippen LogP contribution in [0.4, 0.5) is 20.4 Å². The number of aliphatic hydroxyl groups is 1. The molecule has 3 aromatic heterocycles. The number of hydrogen-bond donors (Lipinski definition) is 3. The number of nitrogens with zero attached hydrogens (tertiary/aromatic N) is 5. The maximum Gasteiger partial charge on any atom is 0.388 e. The van der Waals surface area contributed by atoms with Crippen LogP contribution in [0.25, 0.3) is 11.2 Å². The van der Waals surface area contributed by atoms with Gasteiger partial charge in [-0.15, -0.1) is 0 Å². The molecule has 3 N–H and O–H groups in total. The molecular formula is C16H21F2N7O3. The summed E-state index contributed by atoms with van der Waals surface area (Å²) >= 11 is 0. The lowest BCUT2D eigenvalue weighted by molar-refractivity contribution is -0.0528. The number of anilines is 2. The van der Waals surface area contributed by atoms with Gasteiger partial charge in [-0.05, 0) is 6.92 Å². The minimum absolute atomic E-state index is 0.0242. The van der Waals surface area contributed by atoms with Crippen LogP contribution in [-0.4, -0.2) is 61.5 Å². The molecule has 0 fully saturated rings. The van der Waals surface area contributed by atoms with Crippen molar-refractivity contribution in [3.63, 3.8) is 0 Å². The Morgan fingerprint density at radius 2 is 2.11 bits per heavy atom. The maximum absolute atomic E-state index is 12.2. The van der Waals surface area contributed by atoms with Gasteiger partial charge in [0.2, 0.25) is 5.88 Å². The number of nitrogens with one attached hydrogen (secondary N) is 2. The first kappa shape index (κ1) is 19.9. The highest BCUT2D eigenvalue weighted by Gasteiger charge is 2.19. The third-order valence-electron chi connectivity index (χ3n) is 4.16. The van der Waals surface area contributed by atoms with E-state index in [0.717, 1.165) is 0 Å². The summed E-state index contributed by atoms with van der Waals surface area (Å²) in [6, 6.07) is 1.26. The summed E-state index contributed by atoms with van der Waals surface area (Å²) in [4.78, 5) is 8.81. The Kier molecular flexibility index (Phi) is 6.31. The minimum Gasteiger partial charge on any atom is -0.417 e. The summed E-state index contributed by atoms with van der Waals surface area (Å²) in [5.41, 5.74) is 1.18. The molecular weight excluding hydrogens is 376 g/mol. The monoisotopic (exact) mass is 397 g/mol. The molecule has 12 heteroatoms. The second-order valence-electron chi connectivity index (χ2n) is 6.19. The molecule has 0 unspecified atom stereocenters. The Morgan fingerprint density at radius 3 is 2.86 bits per heavy atom. The van der Waals surface area contributed by atoms with E-state index in [1.807, 2.05) is 13.8 Å². The molecule has 0 saturated heterocycles. The number of aliphatic hydroxyl groups excluding tert-OH is 1. The van der Waals surface area contributed by atoms with Crippen LogP contribution in [0.15, 0.2) is 18.5 Å². The van der Waals surface area contributed by atoms with Gasteiger partial charge < -0.3 is 19.9 Å². The van der Waals surface area contributed by atoms with E-state index >= 15 is 0 Å². The van der Waals surface area contributed by atoms with E-state index in [4.69, 9.17) is 9.84 Å². The molecule has 0 bridgehead atoms. The normalized spacial score (nSPS) is 13.8. The molecule has 0 aliphatic heterocycles. The Morgan fingerprint density at radius 1 is 1.29 bits per heavy atom. The first-order valence-corrected chi connectivity index (χ1v) is 8.64. The van der Waals surface area contributed by atoms with Gasteiger partial charge in [0.15, 0.2) is 17.3 Å². The third kappa shape index (κ3) is 4.70. The van der Waals surface area contributed by atoms with Crippen molar-refractivity contribution in [2.75, 3.05) is 25.1 Å². The summed E-state index contributed by atoms with van der Waals surface area (Å²) in [5.74, 6) is 0.588. The topological polar surface area (TPSA) is 123 Å². The molecule has 0 aromatic carbocycles. The second-order valence-corrected chi connectivity index (χ2v) is 6.19. The van der Waals surface area contributed by atoms with Gasteiger partial charge in [-0.1, -0.05) is 6.92 Å². The highest BCUT2D eigenvalue weighted by atomic mass is 19.3. The molecule has 28 heavy (non-hydrogen) atoms. The number of rotatable bonds is 10. The zero-order valence-corrected chi connectivity index (χ0v) is 15.3. The Balaban J connectivity index is 1.75. The standard InChI is InChI=1S/C16H21F2N7O3/c1-9(8-27-4-3-26)10(2)25-15-11(6-20-25)19-7-13(22-15)21-12-5-14(24-23-12)28-16(17)18/h5-7,9-10,16,26H,3-4,8H2,1-2H3,(H2,21,22,23,24)/t9-,10-/m0/s1. The van der Waals surface area contributed by atoms with E-state index in [-0.39, 0.29) is 36.9 Å². The van der Waals surface area contributed by atoms with E-state index in [9.17, 15) is 8.78 Å². The number of ether oxygens (including phenoxy) is 2. The molecule has 0 aliphatic rings. The lowest BCUT2D eigenvalue weighted by Gasteiger charge is -2.20. The van der Waals surface area contributed by atoms with E-state index in [1.54, 1.807) is 10.9 Å². The van der Waals surface area contributed by atoms with Crippen molar-refractivity contribution in [1.29, 1.82) is 0 Å². The van der Waals surface area contributed by atoms with Gasteiger partial charge in [-0.25, -0.2) is 19.7 Å². The first-order valence-electron chi connectivity index (χ1n) is 8.64. The Bertz CT molecular complexity index is 901. The fourth-order valence-corrected chi connectivity index (χ4v) is 2.55.